The van der Waals surface area contributed by atoms with Gasteiger partial charge < -0.3 is 23.9 Å². The summed E-state index contributed by atoms with van der Waals surface area (Å²) in [7, 11) is 3.91. The Morgan fingerprint density at radius 2 is 1.80 bits per heavy atom. The molecule has 0 amide bonds. The molecule has 4 atom stereocenters. The number of likely N-dealkylation sites (tertiary alicyclic amines) is 1. The van der Waals surface area contributed by atoms with E-state index < -0.39 is 5.97 Å². The zero-order chi connectivity index (χ0) is 30.4. The van der Waals surface area contributed by atoms with E-state index in [4.69, 9.17) is 19.0 Å². The Balaban J connectivity index is 0.000000142. The lowest BCUT2D eigenvalue weighted by molar-refractivity contribution is -0.138. The summed E-state index contributed by atoms with van der Waals surface area (Å²) in [6, 6.07) is 24.2. The maximum Gasteiger partial charge on any atom is 0.303 e. The largest absolute Gasteiger partial charge is 0.493 e. The highest BCUT2D eigenvalue weighted by Gasteiger charge is 2.65. The van der Waals surface area contributed by atoms with E-state index in [9.17, 15) is 9.59 Å². The van der Waals surface area contributed by atoms with Gasteiger partial charge in [-0.3, -0.25) is 9.59 Å². The van der Waals surface area contributed by atoms with Crippen LogP contribution in [0.5, 0.6) is 11.5 Å². The number of carbonyl (C=O) groups is 2. The summed E-state index contributed by atoms with van der Waals surface area (Å²) in [5, 5.41) is 8.82. The van der Waals surface area contributed by atoms with Crippen molar-refractivity contribution in [2.45, 2.75) is 56.1 Å². The molecule has 8 rings (SSSR count). The van der Waals surface area contributed by atoms with Gasteiger partial charge in [-0.15, -0.1) is 0 Å². The molecule has 0 unspecified atom stereocenters. The summed E-state index contributed by atoms with van der Waals surface area (Å²) in [5.41, 5.74) is 5.19. The molecule has 3 heterocycles. The molecule has 2 aliphatic heterocycles. The number of likely N-dealkylation sites (N-methyl/N-ethyl adjacent to an activating group) is 1. The average Bonchev–Trinajstić information content (AvgIpc) is 3.64. The number of benzene rings is 3. The topological polar surface area (TPSA) is 102 Å². The molecule has 4 aromatic rings. The van der Waals surface area contributed by atoms with Crippen LogP contribution in [0.15, 0.2) is 77.2 Å². The Morgan fingerprint density at radius 3 is 2.50 bits per heavy atom. The van der Waals surface area contributed by atoms with E-state index in [0.29, 0.717) is 30.0 Å². The molecule has 2 fully saturated rings. The number of ketones is 1. The highest BCUT2D eigenvalue weighted by molar-refractivity contribution is 5.89. The molecule has 1 spiro atoms. The summed E-state index contributed by atoms with van der Waals surface area (Å²) in [6.45, 7) is 1.05. The highest BCUT2D eigenvalue weighted by atomic mass is 16.5. The molecule has 8 heteroatoms. The van der Waals surface area contributed by atoms with Crippen LogP contribution in [0.25, 0.3) is 22.6 Å². The fourth-order valence-corrected chi connectivity index (χ4v) is 7.93. The molecule has 4 aliphatic rings. The number of hydrogen-bond acceptors (Lipinski definition) is 7. The van der Waals surface area contributed by atoms with Gasteiger partial charge >= 0.3 is 5.97 Å². The first-order valence-corrected chi connectivity index (χ1v) is 15.3. The number of rotatable bonds is 6. The van der Waals surface area contributed by atoms with Crippen molar-refractivity contribution in [3.8, 4) is 34.1 Å². The van der Waals surface area contributed by atoms with Crippen molar-refractivity contribution in [2.75, 3.05) is 20.7 Å². The predicted octanol–water partition coefficient (Wildman–Crippen LogP) is 5.96. The van der Waals surface area contributed by atoms with Crippen molar-refractivity contribution >= 4 is 11.8 Å². The average molecular weight is 593 g/mol. The number of carboxylic acids is 1. The van der Waals surface area contributed by atoms with E-state index in [1.165, 1.54) is 11.1 Å². The van der Waals surface area contributed by atoms with E-state index in [1.54, 1.807) is 7.11 Å². The van der Waals surface area contributed by atoms with Crippen molar-refractivity contribution in [3.05, 3.63) is 89.8 Å². The lowest BCUT2D eigenvalue weighted by atomic mass is 9.52. The lowest BCUT2D eigenvalue weighted by Gasteiger charge is -2.57. The van der Waals surface area contributed by atoms with Crippen LogP contribution in [-0.2, 0) is 27.8 Å². The predicted molar refractivity (Wildman–Crippen MR) is 165 cm³/mol. The fourth-order valence-electron chi connectivity index (χ4n) is 7.93. The maximum atomic E-state index is 12.6. The molecule has 3 aromatic carbocycles. The normalized spacial score (nSPS) is 24.5. The van der Waals surface area contributed by atoms with E-state index in [0.717, 1.165) is 54.1 Å². The van der Waals surface area contributed by atoms with Crippen LogP contribution in [0, 0.1) is 5.92 Å². The number of aryl methyl sites for hydroxylation is 1. The minimum Gasteiger partial charge on any atom is -0.493 e. The first-order valence-electron chi connectivity index (χ1n) is 15.3. The van der Waals surface area contributed by atoms with Gasteiger partial charge in [-0.25, -0.2) is 4.98 Å². The third kappa shape index (κ3) is 4.59. The molecular weight excluding hydrogens is 556 g/mol. The Bertz CT molecular complexity index is 1640. The van der Waals surface area contributed by atoms with Gasteiger partial charge in [-0.05, 0) is 50.4 Å². The standard InChI is InChI=1S/C18H21NO3.C18H15NO3/c1-19-8-7-18-11-4-5-13(20)17(18)22-16-14(21-2)6-3-10(15(16)18)9-12(11)19;20-16(21)12-11-15-19-17(13-7-3-1-4-8-13)18(22-15)14-9-5-2-6-10-14/h3,6,11-12,17H,4-5,7-9H2,1-2H3;1-10H,11-12H2,(H,20,21)/t11-,12+,17-,18-;/m0./s1. The molecule has 1 saturated heterocycles. The summed E-state index contributed by atoms with van der Waals surface area (Å²) < 4.78 is 17.6. The zero-order valence-electron chi connectivity index (χ0n) is 25.0. The van der Waals surface area contributed by atoms with Crippen molar-refractivity contribution in [1.82, 2.24) is 9.88 Å². The first-order chi connectivity index (χ1) is 21.4. The molecule has 8 nitrogen and oxygen atoms in total. The summed E-state index contributed by atoms with van der Waals surface area (Å²) in [5.74, 6) is 2.72. The summed E-state index contributed by atoms with van der Waals surface area (Å²) in [6.07, 6.45) is 3.75. The smallest absolute Gasteiger partial charge is 0.303 e. The number of nitrogens with zero attached hydrogens (tertiary/aromatic N) is 2. The van der Waals surface area contributed by atoms with Gasteiger partial charge in [0.25, 0.3) is 0 Å². The quantitative estimate of drug-likeness (QED) is 0.293. The first kappa shape index (κ1) is 28.3. The van der Waals surface area contributed by atoms with Crippen LogP contribution in [-0.4, -0.2) is 59.6 Å². The maximum absolute atomic E-state index is 12.6. The number of carbonyl (C=O) groups excluding carboxylic acids is 1. The van der Waals surface area contributed by atoms with Crippen LogP contribution in [0.4, 0.5) is 0 Å². The van der Waals surface area contributed by atoms with Gasteiger partial charge in [0.05, 0.1) is 13.5 Å². The fraction of sp³-hybridized carbons (Fsp3) is 0.361. The van der Waals surface area contributed by atoms with E-state index in [2.05, 4.69) is 23.0 Å². The number of aromatic nitrogens is 1. The molecule has 0 radical (unpaired) electrons. The van der Waals surface area contributed by atoms with Gasteiger partial charge in [0, 0.05) is 41.0 Å². The monoisotopic (exact) mass is 592 g/mol. The van der Waals surface area contributed by atoms with Crippen molar-refractivity contribution in [1.29, 1.82) is 0 Å². The highest BCUT2D eigenvalue weighted by Crippen LogP contribution is 2.63. The molecule has 2 bridgehead atoms. The second kappa shape index (κ2) is 11.2. The van der Waals surface area contributed by atoms with Crippen molar-refractivity contribution < 1.29 is 28.6 Å². The van der Waals surface area contributed by atoms with Gasteiger partial charge in [-0.1, -0.05) is 66.7 Å². The number of ether oxygens (including phenoxy) is 2. The molecule has 1 N–H and O–H groups in total. The SMILES string of the molecule is COc1ccc2c3c1O[C@H]1C(=O)CC[C@H]4[C@@H](C2)N(C)CC[C@]314.O=C(O)CCc1nc(-c2ccccc2)c(-c2ccccc2)o1. The van der Waals surface area contributed by atoms with Crippen molar-refractivity contribution in [3.63, 3.8) is 0 Å². The number of oxazole rings is 1. The Morgan fingerprint density at radius 1 is 1.07 bits per heavy atom. The van der Waals surface area contributed by atoms with Crippen molar-refractivity contribution in [2.24, 2.45) is 5.92 Å². The van der Waals surface area contributed by atoms with Crippen LogP contribution < -0.4 is 9.47 Å². The van der Waals surface area contributed by atoms with Gasteiger partial charge in [0.1, 0.15) is 5.69 Å². The Hall–Kier alpha value is -4.43. The Labute approximate surface area is 256 Å². The molecule has 1 aromatic heterocycles. The minimum absolute atomic E-state index is 0.00295. The third-order valence-corrected chi connectivity index (χ3v) is 9.90. The second-order valence-electron chi connectivity index (χ2n) is 12.2. The number of piperidine rings is 1. The number of Topliss-reactive ketones (excluding diaryl/α,β-unsaturated/α-hetero) is 1. The lowest BCUT2D eigenvalue weighted by Crippen LogP contribution is -2.65. The van der Waals surface area contributed by atoms with E-state index >= 15 is 0 Å². The zero-order valence-corrected chi connectivity index (χ0v) is 25.0. The van der Waals surface area contributed by atoms with E-state index in [1.807, 2.05) is 66.7 Å². The van der Waals surface area contributed by atoms with Gasteiger partial charge in [-0.2, -0.15) is 0 Å². The van der Waals surface area contributed by atoms with Crippen LogP contribution in [0.3, 0.4) is 0 Å². The van der Waals surface area contributed by atoms with Crippen LogP contribution in [0.1, 0.15) is 42.7 Å². The molecular formula is C36H36N2O6. The number of aliphatic carboxylic acids is 1. The summed E-state index contributed by atoms with van der Waals surface area (Å²) in [4.78, 5) is 30.3. The second-order valence-corrected chi connectivity index (χ2v) is 12.2. The number of carboxylic acid groups (broad SMARTS) is 1. The minimum atomic E-state index is -0.860. The molecule has 226 valence electrons. The van der Waals surface area contributed by atoms with Crippen LogP contribution in [0.2, 0.25) is 0 Å². The molecule has 1 saturated carbocycles. The van der Waals surface area contributed by atoms with Gasteiger partial charge in [0.15, 0.2) is 35.0 Å². The van der Waals surface area contributed by atoms with Crippen LogP contribution >= 0.6 is 0 Å². The van der Waals surface area contributed by atoms with Gasteiger partial charge in [0.2, 0.25) is 0 Å². The van der Waals surface area contributed by atoms with E-state index in [-0.39, 0.29) is 30.1 Å². The summed E-state index contributed by atoms with van der Waals surface area (Å²) >= 11 is 0. The number of hydrogen-bond donors (Lipinski definition) is 1. The molecule has 44 heavy (non-hydrogen) atoms. The third-order valence-electron chi connectivity index (χ3n) is 9.90. The Kier molecular flexibility index (Phi) is 7.25. The number of methoxy groups -OCH3 is 1. The molecule has 2 aliphatic carbocycles.